The average Bonchev–Trinajstić information content (AvgIpc) is 2.91. The molecule has 0 fully saturated rings. The summed E-state index contributed by atoms with van der Waals surface area (Å²) in [6.07, 6.45) is -3.58. The molecule has 0 aliphatic rings. The molecule has 2 rings (SSSR count). The molecule has 0 saturated heterocycles. The van der Waals surface area contributed by atoms with Crippen molar-refractivity contribution in [2.24, 2.45) is 0 Å². The standard InChI is InChI=1S/C27H32F10N2O2/c1-2-3-4-6-9-20(28)18-41-21-12-10-19(11-13-21)23-38-16-22(17-39-23)40-15-8-5-7-14-24(29,30)25(31,32)26(33,34)27(35,36)37/h10-13,16-17,20H,2-9,14-15,18H2,1H3. The molecular weight excluding hydrogens is 574 g/mol. The molecule has 1 heterocycles. The number of unbranched alkanes of at least 4 members (excludes halogenated alkanes) is 5. The summed E-state index contributed by atoms with van der Waals surface area (Å²) in [5.41, 5.74) is 0.633. The molecule has 1 unspecified atom stereocenters. The van der Waals surface area contributed by atoms with Crippen LogP contribution in [0.3, 0.4) is 0 Å². The molecule has 0 radical (unpaired) electrons. The fraction of sp³-hybridized carbons (Fsp3) is 0.630. The number of hydrogen-bond donors (Lipinski definition) is 0. The molecule has 0 aliphatic carbocycles. The minimum absolute atomic E-state index is 0.0268. The smallest absolute Gasteiger partial charge is 0.460 e. The van der Waals surface area contributed by atoms with E-state index in [4.69, 9.17) is 9.47 Å². The van der Waals surface area contributed by atoms with E-state index in [2.05, 4.69) is 16.9 Å². The first-order valence-corrected chi connectivity index (χ1v) is 13.1. The van der Waals surface area contributed by atoms with Crippen LogP contribution >= 0.6 is 0 Å². The summed E-state index contributed by atoms with van der Waals surface area (Å²) in [7, 11) is 0. The quantitative estimate of drug-likeness (QED) is 0.125. The number of hydrogen-bond acceptors (Lipinski definition) is 4. The van der Waals surface area contributed by atoms with Gasteiger partial charge in [-0.05, 0) is 49.9 Å². The van der Waals surface area contributed by atoms with Gasteiger partial charge in [0.2, 0.25) is 0 Å². The van der Waals surface area contributed by atoms with Gasteiger partial charge in [0.25, 0.3) is 0 Å². The maximum absolute atomic E-state index is 13.9. The molecule has 0 aliphatic heterocycles. The lowest BCUT2D eigenvalue weighted by Gasteiger charge is -2.33. The van der Waals surface area contributed by atoms with Crippen molar-refractivity contribution in [2.75, 3.05) is 13.2 Å². The normalized spacial score (nSPS) is 13.7. The molecule has 0 saturated carbocycles. The Balaban J connectivity index is 1.74. The van der Waals surface area contributed by atoms with Gasteiger partial charge in [0, 0.05) is 12.0 Å². The van der Waals surface area contributed by atoms with Crippen LogP contribution in [0.5, 0.6) is 11.5 Å². The van der Waals surface area contributed by atoms with Crippen molar-refractivity contribution >= 4 is 0 Å². The number of nitrogens with zero attached hydrogens (tertiary/aromatic N) is 2. The van der Waals surface area contributed by atoms with Crippen molar-refractivity contribution in [2.45, 2.75) is 94.8 Å². The Morgan fingerprint density at radius 3 is 1.90 bits per heavy atom. The highest BCUT2D eigenvalue weighted by Crippen LogP contribution is 2.54. The van der Waals surface area contributed by atoms with E-state index in [-0.39, 0.29) is 31.8 Å². The number of aromatic nitrogens is 2. The summed E-state index contributed by atoms with van der Waals surface area (Å²) in [6, 6.07) is 6.67. The Morgan fingerprint density at radius 1 is 0.707 bits per heavy atom. The Hall–Kier alpha value is -2.80. The first-order chi connectivity index (χ1) is 19.1. The second-order valence-corrected chi connectivity index (χ2v) is 9.53. The van der Waals surface area contributed by atoms with Gasteiger partial charge in [0.15, 0.2) is 11.6 Å². The van der Waals surface area contributed by atoms with Gasteiger partial charge < -0.3 is 9.47 Å². The summed E-state index contributed by atoms with van der Waals surface area (Å²) in [4.78, 5) is 8.27. The molecule has 0 N–H and O–H groups in total. The first kappa shape index (κ1) is 34.4. The van der Waals surface area contributed by atoms with E-state index in [0.717, 1.165) is 25.7 Å². The highest BCUT2D eigenvalue weighted by Gasteiger charge is 2.81. The highest BCUT2D eigenvalue weighted by molar-refractivity contribution is 5.56. The Kier molecular flexibility index (Phi) is 12.5. The molecule has 4 nitrogen and oxygen atoms in total. The number of ether oxygens (including phenoxy) is 2. The van der Waals surface area contributed by atoms with E-state index in [1.165, 1.54) is 12.4 Å². The van der Waals surface area contributed by atoms with Crippen molar-refractivity contribution in [1.29, 1.82) is 0 Å². The van der Waals surface area contributed by atoms with Gasteiger partial charge in [-0.3, -0.25) is 0 Å². The third-order valence-corrected chi connectivity index (χ3v) is 6.16. The van der Waals surface area contributed by atoms with Gasteiger partial charge in [-0.15, -0.1) is 0 Å². The van der Waals surface area contributed by atoms with Crippen LogP contribution in [0, 0.1) is 0 Å². The van der Waals surface area contributed by atoms with Crippen LogP contribution in [0.4, 0.5) is 43.9 Å². The van der Waals surface area contributed by atoms with E-state index in [1.54, 1.807) is 24.3 Å². The number of benzene rings is 1. The zero-order valence-electron chi connectivity index (χ0n) is 22.3. The molecule has 41 heavy (non-hydrogen) atoms. The van der Waals surface area contributed by atoms with E-state index in [9.17, 15) is 43.9 Å². The fourth-order valence-electron chi connectivity index (χ4n) is 3.68. The van der Waals surface area contributed by atoms with Crippen LogP contribution in [-0.2, 0) is 0 Å². The van der Waals surface area contributed by atoms with E-state index < -0.39 is 43.0 Å². The molecule has 14 heteroatoms. The molecule has 2 aromatic rings. The van der Waals surface area contributed by atoms with Crippen LogP contribution in [0.2, 0.25) is 0 Å². The Bertz CT molecular complexity index is 1030. The maximum Gasteiger partial charge on any atom is 0.460 e. The second kappa shape index (κ2) is 14.9. The SMILES string of the molecule is CCCCCCC(F)COc1ccc(-c2ncc(OCCCCCC(F)(F)C(F)(F)C(F)(F)C(F)(F)F)cn2)cc1. The van der Waals surface area contributed by atoms with Crippen molar-refractivity contribution in [1.82, 2.24) is 9.97 Å². The minimum Gasteiger partial charge on any atom is -0.491 e. The van der Waals surface area contributed by atoms with Crippen molar-refractivity contribution in [3.63, 3.8) is 0 Å². The lowest BCUT2D eigenvalue weighted by Crippen LogP contribution is -2.60. The van der Waals surface area contributed by atoms with Crippen LogP contribution in [0.1, 0.15) is 64.7 Å². The third kappa shape index (κ3) is 9.63. The minimum atomic E-state index is -6.87. The summed E-state index contributed by atoms with van der Waals surface area (Å²) in [6.45, 7) is 1.95. The van der Waals surface area contributed by atoms with E-state index in [1.807, 2.05) is 0 Å². The van der Waals surface area contributed by atoms with Crippen LogP contribution in [-0.4, -0.2) is 53.3 Å². The van der Waals surface area contributed by atoms with Crippen molar-refractivity contribution < 1.29 is 53.4 Å². The monoisotopic (exact) mass is 606 g/mol. The zero-order chi connectivity index (χ0) is 30.7. The number of rotatable bonds is 18. The van der Waals surface area contributed by atoms with Crippen molar-refractivity contribution in [3.8, 4) is 22.9 Å². The van der Waals surface area contributed by atoms with Crippen molar-refractivity contribution in [3.05, 3.63) is 36.7 Å². The van der Waals surface area contributed by atoms with Gasteiger partial charge in [-0.25, -0.2) is 14.4 Å². The summed E-state index contributed by atoms with van der Waals surface area (Å²) >= 11 is 0. The number of alkyl halides is 10. The fourth-order valence-corrected chi connectivity index (χ4v) is 3.68. The van der Waals surface area contributed by atoms with Gasteiger partial charge in [0.1, 0.15) is 18.5 Å². The molecular formula is C27H32F10N2O2. The maximum atomic E-state index is 13.9. The summed E-state index contributed by atoms with van der Waals surface area (Å²) in [5, 5.41) is 0. The van der Waals surface area contributed by atoms with Crippen LogP contribution < -0.4 is 9.47 Å². The summed E-state index contributed by atoms with van der Waals surface area (Å²) < 4.78 is 141. The third-order valence-electron chi connectivity index (χ3n) is 6.16. The second-order valence-electron chi connectivity index (χ2n) is 9.53. The van der Waals surface area contributed by atoms with Gasteiger partial charge in [-0.1, -0.05) is 32.6 Å². The number of halogens is 10. The molecule has 0 amide bonds. The lowest BCUT2D eigenvalue weighted by molar-refractivity contribution is -0.396. The molecule has 1 aromatic carbocycles. The Labute approximate surface area is 231 Å². The van der Waals surface area contributed by atoms with E-state index >= 15 is 0 Å². The summed E-state index contributed by atoms with van der Waals surface area (Å²) in [5.74, 6) is -18.0. The lowest BCUT2D eigenvalue weighted by atomic mass is 9.98. The largest absolute Gasteiger partial charge is 0.491 e. The predicted molar refractivity (Wildman–Crippen MR) is 131 cm³/mol. The predicted octanol–water partition coefficient (Wildman–Crippen LogP) is 9.24. The topological polar surface area (TPSA) is 44.2 Å². The highest BCUT2D eigenvalue weighted by atomic mass is 19.4. The molecule has 1 atom stereocenters. The average molecular weight is 607 g/mol. The van der Waals surface area contributed by atoms with Gasteiger partial charge in [-0.2, -0.15) is 39.5 Å². The Morgan fingerprint density at radius 2 is 1.32 bits per heavy atom. The molecule has 0 bridgehead atoms. The van der Waals surface area contributed by atoms with Crippen LogP contribution in [0.15, 0.2) is 36.7 Å². The molecule has 1 aromatic heterocycles. The van der Waals surface area contributed by atoms with E-state index in [0.29, 0.717) is 23.6 Å². The van der Waals surface area contributed by atoms with Gasteiger partial charge in [0.05, 0.1) is 19.0 Å². The van der Waals surface area contributed by atoms with Gasteiger partial charge >= 0.3 is 23.9 Å². The molecule has 0 spiro atoms. The first-order valence-electron chi connectivity index (χ1n) is 13.1. The zero-order valence-corrected chi connectivity index (χ0v) is 22.3. The molecule has 232 valence electrons. The van der Waals surface area contributed by atoms with Crippen LogP contribution in [0.25, 0.3) is 11.4 Å².